The lowest BCUT2D eigenvalue weighted by Gasteiger charge is -2.20. The molecule has 0 aromatic rings. The largest absolute Gasteiger partial charge is 0.472 e. The zero-order valence-electron chi connectivity index (χ0n) is 32.6. The highest BCUT2D eigenvalue weighted by Crippen LogP contribution is 2.43. The molecule has 0 saturated carbocycles. The van der Waals surface area contributed by atoms with Crippen molar-refractivity contribution in [3.8, 4) is 0 Å². The zero-order chi connectivity index (χ0) is 40.5. The number of ether oxygens (including phenoxy) is 2. The van der Waals surface area contributed by atoms with Crippen LogP contribution < -0.4 is 0 Å². The summed E-state index contributed by atoms with van der Waals surface area (Å²) in [6.45, 7) is 3.75. The number of unbranched alkanes of at least 4 members (excludes halogenated alkanes) is 9. The summed E-state index contributed by atoms with van der Waals surface area (Å²) in [6.07, 6.45) is 26.2. The number of hydrogen-bond acceptors (Lipinski definition) is 11. The van der Waals surface area contributed by atoms with Crippen LogP contribution in [0.25, 0.3) is 0 Å². The molecular weight excluding hydrogens is 742 g/mol. The minimum Gasteiger partial charge on any atom is -0.462 e. The molecule has 16 heteroatoms. The van der Waals surface area contributed by atoms with E-state index in [4.69, 9.17) is 23.8 Å². The Morgan fingerprint density at radius 2 is 1.30 bits per heavy atom. The van der Waals surface area contributed by atoms with Crippen LogP contribution in [0.4, 0.5) is 0 Å². The summed E-state index contributed by atoms with van der Waals surface area (Å²) in [6, 6.07) is 0. The molecule has 0 aromatic heterocycles. The molecule has 0 fully saturated rings. The summed E-state index contributed by atoms with van der Waals surface area (Å²) in [5.41, 5.74) is 0. The Kier molecular flexibility index (Phi) is 32.0. The fraction of sp³-hybridized carbons (Fsp3) is 0.737. The van der Waals surface area contributed by atoms with Gasteiger partial charge in [0, 0.05) is 12.8 Å². The van der Waals surface area contributed by atoms with Crippen molar-refractivity contribution in [2.75, 3.05) is 26.4 Å². The van der Waals surface area contributed by atoms with Crippen molar-refractivity contribution < 1.29 is 66.7 Å². The molecule has 0 aromatic carbocycles. The summed E-state index contributed by atoms with van der Waals surface area (Å²) < 4.78 is 47.4. The fourth-order valence-electron chi connectivity index (χ4n) is 4.72. The number of carbonyl (C=O) groups excluding carboxylic acids is 2. The molecule has 314 valence electrons. The van der Waals surface area contributed by atoms with Crippen LogP contribution in [0.5, 0.6) is 0 Å². The number of carbonyl (C=O) groups is 2. The lowest BCUT2D eigenvalue weighted by molar-refractivity contribution is -0.161. The highest BCUT2D eigenvalue weighted by molar-refractivity contribution is 7.47. The van der Waals surface area contributed by atoms with Gasteiger partial charge in [0.1, 0.15) is 12.7 Å². The number of rotatable bonds is 35. The van der Waals surface area contributed by atoms with E-state index in [1.807, 2.05) is 36.5 Å². The van der Waals surface area contributed by atoms with Crippen molar-refractivity contribution in [3.05, 3.63) is 48.6 Å². The second-order valence-corrected chi connectivity index (χ2v) is 16.2. The third-order valence-electron chi connectivity index (χ3n) is 7.72. The standard InChI is InChI=1S/C38H68O14P2/c1-4-5-6-7-15-20-25-34(39)26-21-16-10-8-9-11-18-23-28-38(42)52-36(31-48-37(41)27-22-17-13-12-14-19-24-33(2)3)32-51-54(46,47)50-30-35(40)29-49-53(43,44)45/h9-11,15-16,20-21,26,33-36,39-40H,4-8,12-14,17-19,22-25,27-32H2,1-3H3,(H,46,47)(H2,43,44,45)/b11-9-,16-10-,20-15-,26-21+/t34-,35-,36+/m0/s1. The van der Waals surface area contributed by atoms with Gasteiger partial charge in [-0.25, -0.2) is 9.13 Å². The van der Waals surface area contributed by atoms with Crippen LogP contribution in [0.1, 0.15) is 130 Å². The number of esters is 2. The number of allylic oxidation sites excluding steroid dienone is 6. The topological polar surface area (TPSA) is 216 Å². The van der Waals surface area contributed by atoms with Crippen molar-refractivity contribution in [2.45, 2.75) is 148 Å². The van der Waals surface area contributed by atoms with E-state index in [2.05, 4.69) is 35.9 Å². The lowest BCUT2D eigenvalue weighted by Crippen LogP contribution is -2.29. The Morgan fingerprint density at radius 1 is 0.667 bits per heavy atom. The normalized spacial score (nSPS) is 15.4. The SMILES string of the molecule is CCCCC/C=C\C[C@H](O)/C=C/C=C\C/C=C\CCCC(=O)O[C@H](COC(=O)CCCCCCCCC(C)C)COP(=O)(O)OC[C@@H](O)COP(=O)(O)O. The molecule has 0 heterocycles. The Labute approximate surface area is 322 Å². The molecule has 0 spiro atoms. The van der Waals surface area contributed by atoms with Crippen LogP contribution in [-0.4, -0.2) is 81.6 Å². The average molecular weight is 811 g/mol. The molecule has 0 bridgehead atoms. The summed E-state index contributed by atoms with van der Waals surface area (Å²) in [4.78, 5) is 52.4. The van der Waals surface area contributed by atoms with Crippen molar-refractivity contribution in [3.63, 3.8) is 0 Å². The maximum atomic E-state index is 12.6. The van der Waals surface area contributed by atoms with Crippen molar-refractivity contribution in [2.24, 2.45) is 5.92 Å². The first-order chi connectivity index (χ1) is 25.6. The maximum absolute atomic E-state index is 12.6. The number of aliphatic hydroxyl groups excluding tert-OH is 2. The second-order valence-electron chi connectivity index (χ2n) is 13.5. The van der Waals surface area contributed by atoms with Gasteiger partial charge in [-0.2, -0.15) is 0 Å². The molecule has 54 heavy (non-hydrogen) atoms. The first-order valence-electron chi connectivity index (χ1n) is 19.3. The molecule has 0 radical (unpaired) electrons. The molecule has 0 amide bonds. The molecule has 0 aliphatic carbocycles. The van der Waals surface area contributed by atoms with E-state index in [1.165, 1.54) is 32.1 Å². The number of phosphoric acid groups is 2. The van der Waals surface area contributed by atoms with E-state index in [9.17, 15) is 33.8 Å². The summed E-state index contributed by atoms with van der Waals surface area (Å²) >= 11 is 0. The van der Waals surface area contributed by atoms with Gasteiger partial charge in [-0.3, -0.25) is 23.2 Å². The summed E-state index contributed by atoms with van der Waals surface area (Å²) in [5, 5.41) is 19.7. The van der Waals surface area contributed by atoms with Gasteiger partial charge in [0.05, 0.1) is 25.9 Å². The smallest absolute Gasteiger partial charge is 0.462 e. The first kappa shape index (κ1) is 52.0. The highest BCUT2D eigenvalue weighted by atomic mass is 31.2. The molecule has 0 saturated heterocycles. The molecule has 14 nitrogen and oxygen atoms in total. The molecular formula is C38H68O14P2. The average Bonchev–Trinajstić information content (AvgIpc) is 3.10. The first-order valence-corrected chi connectivity index (χ1v) is 22.3. The Bertz CT molecular complexity index is 1180. The fourth-order valence-corrected chi connectivity index (χ4v) is 5.88. The zero-order valence-corrected chi connectivity index (χ0v) is 34.4. The molecule has 4 atom stereocenters. The van der Waals surface area contributed by atoms with Gasteiger partial charge in [-0.1, -0.05) is 121 Å². The van der Waals surface area contributed by atoms with Gasteiger partial charge in [0.15, 0.2) is 6.10 Å². The van der Waals surface area contributed by atoms with Gasteiger partial charge in [0.2, 0.25) is 0 Å². The Balaban J connectivity index is 4.74. The van der Waals surface area contributed by atoms with Crippen LogP contribution in [0.15, 0.2) is 48.6 Å². The van der Waals surface area contributed by atoms with Crippen molar-refractivity contribution in [1.82, 2.24) is 0 Å². The van der Waals surface area contributed by atoms with E-state index in [0.717, 1.165) is 32.1 Å². The van der Waals surface area contributed by atoms with Gasteiger partial charge in [-0.05, 0) is 50.9 Å². The van der Waals surface area contributed by atoms with Gasteiger partial charge >= 0.3 is 27.6 Å². The lowest BCUT2D eigenvalue weighted by atomic mass is 10.0. The van der Waals surface area contributed by atoms with Crippen LogP contribution in [-0.2, 0) is 41.8 Å². The van der Waals surface area contributed by atoms with Crippen molar-refractivity contribution >= 4 is 27.6 Å². The Morgan fingerprint density at radius 3 is 2.00 bits per heavy atom. The summed E-state index contributed by atoms with van der Waals surface area (Å²) in [7, 11) is -9.70. The van der Waals surface area contributed by atoms with E-state index < -0.39 is 72.3 Å². The van der Waals surface area contributed by atoms with E-state index in [1.54, 1.807) is 6.08 Å². The van der Waals surface area contributed by atoms with Crippen LogP contribution in [0, 0.1) is 5.92 Å². The van der Waals surface area contributed by atoms with E-state index in [-0.39, 0.29) is 12.8 Å². The molecule has 0 rings (SSSR count). The summed E-state index contributed by atoms with van der Waals surface area (Å²) in [5.74, 6) is -0.456. The van der Waals surface area contributed by atoms with Gasteiger partial charge < -0.3 is 34.4 Å². The second kappa shape index (κ2) is 33.2. The van der Waals surface area contributed by atoms with Crippen LogP contribution >= 0.6 is 15.6 Å². The minimum absolute atomic E-state index is 0.0223. The number of aliphatic hydroxyl groups is 2. The molecule has 0 aliphatic rings. The molecule has 5 N–H and O–H groups in total. The van der Waals surface area contributed by atoms with Crippen molar-refractivity contribution in [1.29, 1.82) is 0 Å². The maximum Gasteiger partial charge on any atom is 0.472 e. The number of phosphoric ester groups is 2. The molecule has 0 aliphatic heterocycles. The van der Waals surface area contributed by atoms with E-state index in [0.29, 0.717) is 38.0 Å². The predicted octanol–water partition coefficient (Wildman–Crippen LogP) is 7.94. The predicted molar refractivity (Wildman–Crippen MR) is 208 cm³/mol. The van der Waals surface area contributed by atoms with Gasteiger partial charge in [-0.15, -0.1) is 0 Å². The number of hydrogen-bond donors (Lipinski definition) is 5. The third-order valence-corrected chi connectivity index (χ3v) is 9.16. The monoisotopic (exact) mass is 810 g/mol. The van der Waals surface area contributed by atoms with E-state index >= 15 is 0 Å². The Hall–Kier alpha value is -1.96. The van der Waals surface area contributed by atoms with Crippen LogP contribution in [0.3, 0.4) is 0 Å². The minimum atomic E-state index is -4.87. The molecule has 1 unspecified atom stereocenters. The van der Waals surface area contributed by atoms with Crippen LogP contribution in [0.2, 0.25) is 0 Å². The third kappa shape index (κ3) is 37.0. The highest BCUT2D eigenvalue weighted by Gasteiger charge is 2.28. The quantitative estimate of drug-likeness (QED) is 0.0135. The van der Waals surface area contributed by atoms with Gasteiger partial charge in [0.25, 0.3) is 0 Å².